The van der Waals surface area contributed by atoms with E-state index in [1.165, 1.54) is 0 Å². The molecule has 0 unspecified atom stereocenters. The molecular weight excluding hydrogens is 168 g/mol. The maximum absolute atomic E-state index is 10.6. The maximum atomic E-state index is 10.6. The lowest BCUT2D eigenvalue weighted by molar-refractivity contribution is -0.139. The Morgan fingerprint density at radius 3 is 2.45 bits per heavy atom. The SMILES string of the molecule is NC(=S)NCC(=O)CC(=O)O. The molecule has 4 N–H and O–H groups in total. The van der Waals surface area contributed by atoms with Crippen LogP contribution >= 0.6 is 12.2 Å². The summed E-state index contributed by atoms with van der Waals surface area (Å²) in [5.74, 6) is -1.61. The Hall–Kier alpha value is -1.17. The zero-order chi connectivity index (χ0) is 8.85. The molecule has 0 aromatic heterocycles. The van der Waals surface area contributed by atoms with Crippen molar-refractivity contribution in [1.82, 2.24) is 5.32 Å². The number of carboxylic acids is 1. The van der Waals surface area contributed by atoms with Crippen molar-refractivity contribution in [1.29, 1.82) is 0 Å². The normalized spacial score (nSPS) is 8.73. The highest BCUT2D eigenvalue weighted by Gasteiger charge is 2.06. The van der Waals surface area contributed by atoms with Crippen molar-refractivity contribution in [2.24, 2.45) is 5.73 Å². The second-order valence-corrected chi connectivity index (χ2v) is 2.27. The molecule has 0 aromatic rings. The van der Waals surface area contributed by atoms with Gasteiger partial charge in [-0.3, -0.25) is 9.59 Å². The van der Waals surface area contributed by atoms with E-state index < -0.39 is 18.2 Å². The van der Waals surface area contributed by atoms with Gasteiger partial charge in [0.2, 0.25) is 0 Å². The number of hydrogen-bond donors (Lipinski definition) is 3. The van der Waals surface area contributed by atoms with Crippen molar-refractivity contribution in [3.63, 3.8) is 0 Å². The zero-order valence-electron chi connectivity index (χ0n) is 5.66. The number of hydrogen-bond acceptors (Lipinski definition) is 3. The lowest BCUT2D eigenvalue weighted by Crippen LogP contribution is -2.34. The monoisotopic (exact) mass is 176 g/mol. The predicted molar refractivity (Wildman–Crippen MR) is 42.0 cm³/mol. The number of thiocarbonyl (C=S) groups is 1. The van der Waals surface area contributed by atoms with Crippen molar-refractivity contribution in [2.75, 3.05) is 6.54 Å². The average Bonchev–Trinajstić information content (AvgIpc) is 1.82. The van der Waals surface area contributed by atoms with E-state index in [9.17, 15) is 9.59 Å². The Morgan fingerprint density at radius 1 is 1.55 bits per heavy atom. The quantitative estimate of drug-likeness (QED) is 0.370. The van der Waals surface area contributed by atoms with E-state index in [4.69, 9.17) is 10.8 Å². The Kier molecular flexibility index (Phi) is 4.12. The van der Waals surface area contributed by atoms with E-state index in [0.717, 1.165) is 0 Å². The fraction of sp³-hybridized carbons (Fsp3) is 0.400. The molecule has 0 amide bonds. The van der Waals surface area contributed by atoms with Crippen LogP contribution in [0.1, 0.15) is 6.42 Å². The molecule has 62 valence electrons. The molecule has 0 heterocycles. The van der Waals surface area contributed by atoms with Crippen LogP contribution in [0.25, 0.3) is 0 Å². The zero-order valence-corrected chi connectivity index (χ0v) is 6.48. The number of Topliss-reactive ketones (excluding diaryl/α,β-unsaturated/α-hetero) is 1. The first-order valence-corrected chi connectivity index (χ1v) is 3.20. The van der Waals surface area contributed by atoms with E-state index in [0.29, 0.717) is 0 Å². The number of nitrogens with one attached hydrogen (secondary N) is 1. The summed E-state index contributed by atoms with van der Waals surface area (Å²) < 4.78 is 0. The third-order valence-electron chi connectivity index (χ3n) is 0.808. The van der Waals surface area contributed by atoms with Crippen LogP contribution < -0.4 is 11.1 Å². The van der Waals surface area contributed by atoms with Gasteiger partial charge in [0.25, 0.3) is 0 Å². The number of carbonyl (C=O) groups is 2. The molecule has 0 atom stereocenters. The second kappa shape index (κ2) is 4.62. The standard InChI is InChI=1S/C5H8N2O3S/c6-5(11)7-2-3(8)1-4(9)10/h1-2H2,(H,9,10)(H3,6,7,11). The van der Waals surface area contributed by atoms with Crippen LogP contribution in [0.5, 0.6) is 0 Å². The summed E-state index contributed by atoms with van der Waals surface area (Å²) in [6.45, 7) is -0.123. The summed E-state index contributed by atoms with van der Waals surface area (Å²) in [4.78, 5) is 20.5. The predicted octanol–water partition coefficient (Wildman–Crippen LogP) is -1.14. The smallest absolute Gasteiger partial charge is 0.310 e. The highest BCUT2D eigenvalue weighted by atomic mass is 32.1. The lowest BCUT2D eigenvalue weighted by Gasteiger charge is -1.99. The number of nitrogens with two attached hydrogens (primary N) is 1. The van der Waals surface area contributed by atoms with Gasteiger partial charge >= 0.3 is 5.97 Å². The van der Waals surface area contributed by atoms with Gasteiger partial charge in [0.05, 0.1) is 6.54 Å². The van der Waals surface area contributed by atoms with Crippen molar-refractivity contribution >= 4 is 29.1 Å². The summed E-state index contributed by atoms with van der Waals surface area (Å²) >= 11 is 4.39. The van der Waals surface area contributed by atoms with E-state index in [1.807, 2.05) is 0 Å². The van der Waals surface area contributed by atoms with Crippen LogP contribution in [-0.4, -0.2) is 28.5 Å². The minimum atomic E-state index is -1.15. The van der Waals surface area contributed by atoms with Crippen LogP contribution in [0.3, 0.4) is 0 Å². The number of carboxylic acid groups (broad SMARTS) is 1. The first-order valence-electron chi connectivity index (χ1n) is 2.79. The Labute approximate surface area is 68.6 Å². The third-order valence-corrected chi connectivity index (χ3v) is 0.953. The molecule has 0 spiro atoms. The largest absolute Gasteiger partial charge is 0.481 e. The molecule has 11 heavy (non-hydrogen) atoms. The van der Waals surface area contributed by atoms with E-state index >= 15 is 0 Å². The maximum Gasteiger partial charge on any atom is 0.310 e. The van der Waals surface area contributed by atoms with Gasteiger partial charge in [0, 0.05) is 0 Å². The van der Waals surface area contributed by atoms with E-state index in [-0.39, 0.29) is 11.7 Å². The molecule has 0 radical (unpaired) electrons. The number of ketones is 1. The van der Waals surface area contributed by atoms with Crippen LogP contribution in [-0.2, 0) is 9.59 Å². The molecule has 0 fully saturated rings. The first kappa shape index (κ1) is 9.83. The van der Waals surface area contributed by atoms with Crippen molar-refractivity contribution in [2.45, 2.75) is 6.42 Å². The second-order valence-electron chi connectivity index (χ2n) is 1.83. The van der Waals surface area contributed by atoms with Crippen LogP contribution in [0, 0.1) is 0 Å². The number of aliphatic carboxylic acids is 1. The molecule has 0 saturated heterocycles. The van der Waals surface area contributed by atoms with Crippen LogP contribution in [0.2, 0.25) is 0 Å². The minimum absolute atomic E-state index is 0.0104. The van der Waals surface area contributed by atoms with Gasteiger partial charge in [0.15, 0.2) is 10.9 Å². The van der Waals surface area contributed by atoms with Crippen molar-refractivity contribution < 1.29 is 14.7 Å². The Bertz CT molecular complexity index is 192. The molecule has 0 aromatic carbocycles. The number of carbonyl (C=O) groups excluding carboxylic acids is 1. The van der Waals surface area contributed by atoms with Gasteiger partial charge in [-0.05, 0) is 12.2 Å². The summed E-state index contributed by atoms with van der Waals surface area (Å²) in [7, 11) is 0. The summed E-state index contributed by atoms with van der Waals surface area (Å²) in [6, 6.07) is 0. The van der Waals surface area contributed by atoms with Crippen LogP contribution in [0.4, 0.5) is 0 Å². The van der Waals surface area contributed by atoms with Crippen molar-refractivity contribution in [3.8, 4) is 0 Å². The van der Waals surface area contributed by atoms with Crippen molar-refractivity contribution in [3.05, 3.63) is 0 Å². The molecule has 0 aliphatic carbocycles. The molecule has 0 aliphatic rings. The summed E-state index contributed by atoms with van der Waals surface area (Å²) in [5, 5.41) is 10.5. The summed E-state index contributed by atoms with van der Waals surface area (Å²) in [6.07, 6.45) is -0.504. The summed E-state index contributed by atoms with van der Waals surface area (Å²) in [5.41, 5.74) is 4.99. The third kappa shape index (κ3) is 6.72. The lowest BCUT2D eigenvalue weighted by atomic mass is 10.3. The van der Waals surface area contributed by atoms with E-state index in [2.05, 4.69) is 17.5 Å². The number of rotatable bonds is 4. The highest BCUT2D eigenvalue weighted by molar-refractivity contribution is 7.80. The molecule has 5 nitrogen and oxygen atoms in total. The molecular formula is C5H8N2O3S. The first-order chi connectivity index (χ1) is 5.02. The minimum Gasteiger partial charge on any atom is -0.481 e. The van der Waals surface area contributed by atoms with Gasteiger partial charge in [-0.15, -0.1) is 0 Å². The molecule has 0 bridgehead atoms. The topological polar surface area (TPSA) is 92.4 Å². The highest BCUT2D eigenvalue weighted by Crippen LogP contribution is 1.80. The molecule has 0 rings (SSSR count). The van der Waals surface area contributed by atoms with Crippen LogP contribution in [0.15, 0.2) is 0 Å². The molecule has 6 heteroatoms. The Balaban J connectivity index is 3.53. The fourth-order valence-electron chi connectivity index (χ4n) is 0.417. The fourth-order valence-corrected chi connectivity index (χ4v) is 0.489. The molecule has 0 aliphatic heterocycles. The van der Waals surface area contributed by atoms with Gasteiger partial charge in [-0.1, -0.05) is 0 Å². The Morgan fingerprint density at radius 2 is 2.09 bits per heavy atom. The van der Waals surface area contributed by atoms with E-state index in [1.54, 1.807) is 0 Å². The van der Waals surface area contributed by atoms with Gasteiger partial charge in [0.1, 0.15) is 6.42 Å². The van der Waals surface area contributed by atoms with Gasteiger partial charge < -0.3 is 16.2 Å². The van der Waals surface area contributed by atoms with Gasteiger partial charge in [-0.25, -0.2) is 0 Å². The average molecular weight is 176 g/mol. The molecule has 0 saturated carbocycles. The van der Waals surface area contributed by atoms with Gasteiger partial charge in [-0.2, -0.15) is 0 Å².